The minimum atomic E-state index is -0.900. The van der Waals surface area contributed by atoms with Gasteiger partial charge in [-0.2, -0.15) is 0 Å². The molecule has 0 radical (unpaired) electrons. The highest BCUT2D eigenvalue weighted by molar-refractivity contribution is 5.91. The fourth-order valence-corrected chi connectivity index (χ4v) is 9.47. The second-order valence-electron chi connectivity index (χ2n) is 17.7. The lowest BCUT2D eigenvalue weighted by Crippen LogP contribution is -2.13. The van der Waals surface area contributed by atoms with Crippen molar-refractivity contribution in [2.75, 3.05) is 7.11 Å². The number of aromatic carboxylic acids is 1. The minimum Gasteiger partial charge on any atom is -0.478 e. The number of fused-ring (bicyclic) bond motifs is 2. The average molecular weight is 793 g/mol. The highest BCUT2D eigenvalue weighted by atomic mass is 16.5. The lowest BCUT2D eigenvalue weighted by molar-refractivity contribution is 0.0598. The first-order valence-electron chi connectivity index (χ1n) is 22.0. The third-order valence-electron chi connectivity index (χ3n) is 13.1. The van der Waals surface area contributed by atoms with Crippen LogP contribution in [0.2, 0.25) is 0 Å². The van der Waals surface area contributed by atoms with Crippen molar-refractivity contribution in [3.63, 3.8) is 0 Å². The summed E-state index contributed by atoms with van der Waals surface area (Å²) in [5.41, 5.74) is 8.62. The van der Waals surface area contributed by atoms with Gasteiger partial charge in [-0.3, -0.25) is 9.97 Å². The fraction of sp³-hybridized carbons (Fsp3) is 0.469. The number of carboxylic acids is 1. The molecule has 10 nitrogen and oxygen atoms in total. The molecule has 0 aromatic carbocycles. The summed E-state index contributed by atoms with van der Waals surface area (Å²) in [6, 6.07) is 12.4. The summed E-state index contributed by atoms with van der Waals surface area (Å²) in [6.45, 7) is 2.11. The summed E-state index contributed by atoms with van der Waals surface area (Å²) in [7, 11) is 1.43. The van der Waals surface area contributed by atoms with Gasteiger partial charge in [0.05, 0.1) is 29.6 Å². The van der Waals surface area contributed by atoms with E-state index in [2.05, 4.69) is 55.8 Å². The van der Waals surface area contributed by atoms with Gasteiger partial charge in [0.2, 0.25) is 0 Å². The van der Waals surface area contributed by atoms with Gasteiger partial charge in [0, 0.05) is 73.9 Å². The summed E-state index contributed by atoms with van der Waals surface area (Å²) >= 11 is 0. The van der Waals surface area contributed by atoms with E-state index in [1.807, 2.05) is 36.9 Å². The van der Waals surface area contributed by atoms with Crippen molar-refractivity contribution in [1.29, 1.82) is 0 Å². The van der Waals surface area contributed by atoms with Crippen molar-refractivity contribution < 1.29 is 19.4 Å². The molecule has 4 fully saturated rings. The van der Waals surface area contributed by atoms with E-state index in [1.54, 1.807) is 0 Å². The minimum absolute atomic E-state index is 0.312. The highest BCUT2D eigenvalue weighted by Gasteiger charge is 2.27. The van der Waals surface area contributed by atoms with E-state index in [1.165, 1.54) is 84.2 Å². The van der Waals surface area contributed by atoms with Crippen LogP contribution in [0.25, 0.3) is 22.1 Å². The summed E-state index contributed by atoms with van der Waals surface area (Å²) in [4.78, 5) is 42.7. The molecule has 6 aromatic heterocycles. The maximum atomic E-state index is 12.3. The molecule has 0 spiro atoms. The molecular weight excluding hydrogens is 737 g/mol. The van der Waals surface area contributed by atoms with Gasteiger partial charge in [0.1, 0.15) is 11.3 Å². The molecular formula is C49H56N6O4. The van der Waals surface area contributed by atoms with Gasteiger partial charge in [0.15, 0.2) is 0 Å². The number of nitrogens with zero attached hydrogens (tertiary/aromatic N) is 6. The van der Waals surface area contributed by atoms with Gasteiger partial charge in [-0.25, -0.2) is 19.6 Å². The Morgan fingerprint density at radius 3 is 1.51 bits per heavy atom. The highest BCUT2D eigenvalue weighted by Crippen LogP contribution is 2.41. The maximum absolute atomic E-state index is 12.3. The molecule has 4 aliphatic carbocycles. The van der Waals surface area contributed by atoms with Crippen LogP contribution in [0.1, 0.15) is 156 Å². The quantitative estimate of drug-likeness (QED) is 0.121. The van der Waals surface area contributed by atoms with E-state index in [0.717, 1.165) is 87.8 Å². The molecule has 0 bridgehead atoms. The number of hydrogen-bond acceptors (Lipinski definition) is 7. The lowest BCUT2D eigenvalue weighted by Gasteiger charge is -2.22. The van der Waals surface area contributed by atoms with E-state index < -0.39 is 5.97 Å². The van der Waals surface area contributed by atoms with E-state index in [0.29, 0.717) is 41.5 Å². The third-order valence-corrected chi connectivity index (χ3v) is 13.1. The Morgan fingerprint density at radius 1 is 0.610 bits per heavy atom. The number of carbonyl (C=O) groups excluding carboxylic acids is 1. The number of ether oxygens (including phenoxy) is 1. The van der Waals surface area contributed by atoms with Crippen LogP contribution in [0.4, 0.5) is 0 Å². The van der Waals surface area contributed by atoms with Crippen molar-refractivity contribution in [2.24, 2.45) is 11.8 Å². The molecule has 10 rings (SSSR count). The number of aromatic nitrogens is 6. The molecule has 0 amide bonds. The Morgan fingerprint density at radius 2 is 1.07 bits per heavy atom. The molecule has 0 aliphatic heterocycles. The van der Waals surface area contributed by atoms with Crippen LogP contribution in [-0.2, 0) is 30.7 Å². The van der Waals surface area contributed by atoms with Gasteiger partial charge < -0.3 is 19.0 Å². The predicted molar refractivity (Wildman–Crippen MR) is 229 cm³/mol. The molecule has 10 heteroatoms. The summed E-state index contributed by atoms with van der Waals surface area (Å²) in [5.74, 6) is 1.37. The monoisotopic (exact) mass is 792 g/mol. The number of carboxylic acid groups (broad SMARTS) is 1. The number of hydrogen-bond donors (Lipinski definition) is 1. The van der Waals surface area contributed by atoms with Gasteiger partial charge in [-0.1, -0.05) is 38.5 Å². The molecule has 6 aromatic rings. The first-order chi connectivity index (χ1) is 28.9. The van der Waals surface area contributed by atoms with Crippen LogP contribution >= 0.6 is 0 Å². The van der Waals surface area contributed by atoms with Gasteiger partial charge in [-0.15, -0.1) is 0 Å². The summed E-state index contributed by atoms with van der Waals surface area (Å²) in [5, 5.41) is 11.9. The largest absolute Gasteiger partial charge is 0.478 e. The van der Waals surface area contributed by atoms with Crippen molar-refractivity contribution in [3.05, 3.63) is 118 Å². The normalized spacial score (nSPS) is 17.5. The van der Waals surface area contributed by atoms with Gasteiger partial charge in [0.25, 0.3) is 0 Å². The Hall–Kier alpha value is -5.38. The van der Waals surface area contributed by atoms with Crippen LogP contribution < -0.4 is 0 Å². The average Bonchev–Trinajstić information content (AvgIpc) is 4.21. The molecule has 0 unspecified atom stereocenters. The van der Waals surface area contributed by atoms with Crippen molar-refractivity contribution in [2.45, 2.75) is 128 Å². The SMILES string of the molecule is COC(=O)c1cc(C2CC2)cnc1Cc1cnc2c(ccn2CC2CCCCC2)c1.O=C(O)c1cc(C2CC2)cnc1Cc1cnc2c(ccn2CC2CCCCC2)c1. The van der Waals surface area contributed by atoms with Crippen molar-refractivity contribution in [1.82, 2.24) is 29.1 Å². The Labute approximate surface area is 346 Å². The van der Waals surface area contributed by atoms with Crippen LogP contribution in [0.15, 0.2) is 73.6 Å². The molecule has 1 N–H and O–H groups in total. The summed E-state index contributed by atoms with van der Waals surface area (Å²) in [6.07, 6.45) is 31.0. The van der Waals surface area contributed by atoms with E-state index in [9.17, 15) is 14.7 Å². The first kappa shape index (κ1) is 39.1. The molecule has 6 heterocycles. The van der Waals surface area contributed by atoms with Crippen LogP contribution in [0.3, 0.4) is 0 Å². The topological polar surface area (TPSA) is 125 Å². The smallest absolute Gasteiger partial charge is 0.339 e. The molecule has 306 valence electrons. The van der Waals surface area contributed by atoms with Crippen molar-refractivity contribution >= 4 is 34.0 Å². The Bertz CT molecular complexity index is 2450. The Balaban J connectivity index is 0.000000152. The molecule has 0 atom stereocenters. The zero-order chi connectivity index (χ0) is 40.3. The molecule has 4 aliphatic rings. The number of carbonyl (C=O) groups is 2. The van der Waals surface area contributed by atoms with Gasteiger partial charge >= 0.3 is 11.9 Å². The zero-order valence-corrected chi connectivity index (χ0v) is 34.3. The number of esters is 1. The zero-order valence-electron chi connectivity index (χ0n) is 34.3. The first-order valence-corrected chi connectivity index (χ1v) is 22.0. The van der Waals surface area contributed by atoms with E-state index >= 15 is 0 Å². The Kier molecular flexibility index (Phi) is 11.6. The number of pyridine rings is 4. The van der Waals surface area contributed by atoms with Crippen LogP contribution in [0.5, 0.6) is 0 Å². The maximum Gasteiger partial charge on any atom is 0.339 e. The third kappa shape index (κ3) is 9.27. The molecule has 4 saturated carbocycles. The second-order valence-corrected chi connectivity index (χ2v) is 17.7. The van der Waals surface area contributed by atoms with Crippen LogP contribution in [-0.4, -0.2) is 53.2 Å². The summed E-state index contributed by atoms with van der Waals surface area (Å²) < 4.78 is 9.60. The van der Waals surface area contributed by atoms with E-state index in [-0.39, 0.29) is 5.97 Å². The second kappa shape index (κ2) is 17.5. The standard InChI is InChI=1S/C25H29N3O2.C24H27N3O2/c1-30-25(29)22-13-21(19-7-8-19)15-26-23(22)12-18-11-20-9-10-28(24(20)27-14-18)16-17-5-3-2-4-6-17;28-24(29)21-12-20(18-6-7-18)14-25-22(21)11-17-10-19-8-9-27(23(19)26-13-17)15-16-4-2-1-3-5-16/h9-11,13-15,17,19H,2-8,12,16H2,1H3;8-10,12-14,16,18H,1-7,11,15H2,(H,28,29). The van der Waals surface area contributed by atoms with Gasteiger partial charge in [-0.05, 0) is 134 Å². The fourth-order valence-electron chi connectivity index (χ4n) is 9.47. The van der Waals surface area contributed by atoms with Crippen molar-refractivity contribution in [3.8, 4) is 0 Å². The number of methoxy groups -OCH3 is 1. The van der Waals surface area contributed by atoms with Crippen LogP contribution in [0, 0.1) is 11.8 Å². The number of rotatable bonds is 12. The molecule has 0 saturated heterocycles. The van der Waals surface area contributed by atoms with E-state index in [4.69, 9.17) is 14.7 Å². The molecule has 59 heavy (non-hydrogen) atoms. The predicted octanol–water partition coefficient (Wildman–Crippen LogP) is 10.4. The lowest BCUT2D eigenvalue weighted by atomic mass is 9.89.